The van der Waals surface area contributed by atoms with Gasteiger partial charge in [-0.05, 0) is 24.5 Å². The van der Waals surface area contributed by atoms with Crippen LogP contribution < -0.4 is 0 Å². The number of hydrogen-bond acceptors (Lipinski definition) is 5. The first-order valence-corrected chi connectivity index (χ1v) is 6.28. The molecule has 3 rings (SSSR count). The Balaban J connectivity index is 2.26. The van der Waals surface area contributed by atoms with Gasteiger partial charge < -0.3 is 0 Å². The van der Waals surface area contributed by atoms with Gasteiger partial charge in [-0.2, -0.15) is 9.50 Å². The molecule has 0 aromatic carbocycles. The largest absolute Gasteiger partial charge is 0.255 e. The lowest BCUT2D eigenvalue weighted by atomic mass is 10.2. The van der Waals surface area contributed by atoms with E-state index < -0.39 is 0 Å². The van der Waals surface area contributed by atoms with Crippen LogP contribution in [0.3, 0.4) is 0 Å². The molecule has 0 saturated carbocycles. The van der Waals surface area contributed by atoms with Gasteiger partial charge in [0.05, 0.1) is 11.4 Å². The fourth-order valence-electron chi connectivity index (χ4n) is 1.57. The third-order valence-corrected chi connectivity index (χ3v) is 2.87. The highest BCUT2D eigenvalue weighted by molar-refractivity contribution is 7.98. The number of thioether (sulfide) groups is 1. The zero-order valence-corrected chi connectivity index (χ0v) is 9.92. The molecule has 5 nitrogen and oxygen atoms in total. The van der Waals surface area contributed by atoms with Crippen molar-refractivity contribution in [2.45, 2.75) is 5.16 Å². The monoisotopic (exact) mass is 243 g/mol. The van der Waals surface area contributed by atoms with E-state index in [0.717, 1.165) is 11.4 Å². The minimum Gasteiger partial charge on any atom is -0.255 e. The second-order valence-electron chi connectivity index (χ2n) is 3.36. The van der Waals surface area contributed by atoms with E-state index in [1.165, 1.54) is 11.8 Å². The van der Waals surface area contributed by atoms with E-state index in [1.807, 2.05) is 30.5 Å². The zero-order valence-electron chi connectivity index (χ0n) is 9.11. The van der Waals surface area contributed by atoms with Crippen molar-refractivity contribution in [1.29, 1.82) is 0 Å². The number of hydrogen-bond donors (Lipinski definition) is 0. The average Bonchev–Trinajstić information content (AvgIpc) is 2.82. The van der Waals surface area contributed by atoms with Gasteiger partial charge in [0.2, 0.25) is 5.16 Å². The van der Waals surface area contributed by atoms with Crippen LogP contribution in [0.1, 0.15) is 0 Å². The van der Waals surface area contributed by atoms with Crippen molar-refractivity contribution in [1.82, 2.24) is 24.6 Å². The molecule has 84 valence electrons. The van der Waals surface area contributed by atoms with Gasteiger partial charge in [-0.15, -0.1) is 5.10 Å². The van der Waals surface area contributed by atoms with E-state index >= 15 is 0 Å². The van der Waals surface area contributed by atoms with Gasteiger partial charge in [0.25, 0.3) is 5.78 Å². The number of nitrogens with zero attached hydrogens (tertiary/aromatic N) is 5. The van der Waals surface area contributed by atoms with Crippen LogP contribution in [0.4, 0.5) is 0 Å². The van der Waals surface area contributed by atoms with Gasteiger partial charge in [-0.25, -0.2) is 4.98 Å². The number of aromatic nitrogens is 5. The van der Waals surface area contributed by atoms with E-state index in [0.29, 0.717) is 10.9 Å². The molecule has 0 aliphatic carbocycles. The highest BCUT2D eigenvalue weighted by Crippen LogP contribution is 2.18. The second-order valence-corrected chi connectivity index (χ2v) is 4.13. The maximum Gasteiger partial charge on any atom is 0.253 e. The third-order valence-electron chi connectivity index (χ3n) is 2.33. The van der Waals surface area contributed by atoms with Crippen molar-refractivity contribution in [3.63, 3.8) is 0 Å². The van der Waals surface area contributed by atoms with Crippen LogP contribution in [-0.4, -0.2) is 30.8 Å². The molecule has 6 heteroatoms. The van der Waals surface area contributed by atoms with Crippen molar-refractivity contribution in [3.05, 3.63) is 36.7 Å². The van der Waals surface area contributed by atoms with Crippen LogP contribution in [0.2, 0.25) is 0 Å². The molecule has 0 atom stereocenters. The first-order valence-electron chi connectivity index (χ1n) is 5.05. The van der Waals surface area contributed by atoms with Gasteiger partial charge in [0, 0.05) is 12.4 Å². The van der Waals surface area contributed by atoms with Crippen LogP contribution in [0.15, 0.2) is 41.8 Å². The van der Waals surface area contributed by atoms with Gasteiger partial charge >= 0.3 is 0 Å². The second kappa shape index (κ2) is 4.14. The maximum absolute atomic E-state index is 4.37. The Morgan fingerprint density at radius 1 is 1.12 bits per heavy atom. The molecule has 3 aromatic rings. The van der Waals surface area contributed by atoms with Crippen LogP contribution in [0.5, 0.6) is 0 Å². The third kappa shape index (κ3) is 1.76. The van der Waals surface area contributed by atoms with Crippen LogP contribution in [0.25, 0.3) is 17.2 Å². The minimum absolute atomic E-state index is 0.595. The summed E-state index contributed by atoms with van der Waals surface area (Å²) in [7, 11) is 0. The lowest BCUT2D eigenvalue weighted by Crippen LogP contribution is -1.96. The Morgan fingerprint density at radius 2 is 2.06 bits per heavy atom. The molecule has 0 unspecified atom stereocenters. The molecule has 0 amide bonds. The van der Waals surface area contributed by atoms with Gasteiger partial charge in [-0.1, -0.05) is 17.8 Å². The van der Waals surface area contributed by atoms with E-state index in [9.17, 15) is 0 Å². The Labute approximate surface area is 102 Å². The zero-order chi connectivity index (χ0) is 11.7. The highest BCUT2D eigenvalue weighted by atomic mass is 32.2. The molecular formula is C11H9N5S. The summed E-state index contributed by atoms with van der Waals surface area (Å²) in [5.74, 6) is 0.595. The SMILES string of the molecule is CSc1nc2nccc(-c3ccccn3)n2n1. The average molecular weight is 243 g/mol. The van der Waals surface area contributed by atoms with Crippen LogP contribution in [0, 0.1) is 0 Å². The maximum atomic E-state index is 4.37. The Morgan fingerprint density at radius 3 is 2.82 bits per heavy atom. The topological polar surface area (TPSA) is 56.0 Å². The van der Waals surface area contributed by atoms with E-state index in [-0.39, 0.29) is 0 Å². The standard InChI is InChI=1S/C11H9N5S/c1-17-11-14-10-13-7-5-9(16(10)15-11)8-4-2-3-6-12-8/h2-7H,1H3. The van der Waals surface area contributed by atoms with Gasteiger partial charge in [-0.3, -0.25) is 4.98 Å². The van der Waals surface area contributed by atoms with Crippen LogP contribution in [-0.2, 0) is 0 Å². The van der Waals surface area contributed by atoms with Crippen molar-refractivity contribution >= 4 is 17.5 Å². The van der Waals surface area contributed by atoms with Crippen molar-refractivity contribution in [2.24, 2.45) is 0 Å². The molecule has 0 radical (unpaired) electrons. The number of pyridine rings is 1. The molecule has 17 heavy (non-hydrogen) atoms. The van der Waals surface area contributed by atoms with Crippen molar-refractivity contribution < 1.29 is 0 Å². The van der Waals surface area contributed by atoms with Crippen molar-refractivity contribution in [2.75, 3.05) is 6.26 Å². The Kier molecular flexibility index (Phi) is 2.49. The quantitative estimate of drug-likeness (QED) is 0.643. The fraction of sp³-hybridized carbons (Fsp3) is 0.0909. The first-order chi connectivity index (χ1) is 8.38. The molecular weight excluding hydrogens is 234 g/mol. The summed E-state index contributed by atoms with van der Waals surface area (Å²) in [6, 6.07) is 7.65. The first kappa shape index (κ1) is 10.2. The molecule has 0 bridgehead atoms. The summed E-state index contributed by atoms with van der Waals surface area (Å²) in [5, 5.41) is 5.08. The number of fused-ring (bicyclic) bond motifs is 1. The fourth-order valence-corrected chi connectivity index (χ4v) is 1.91. The minimum atomic E-state index is 0.595. The Bertz CT molecular complexity index is 649. The summed E-state index contributed by atoms with van der Waals surface area (Å²) >= 11 is 1.49. The lowest BCUT2D eigenvalue weighted by Gasteiger charge is -2.01. The van der Waals surface area contributed by atoms with Crippen molar-refractivity contribution in [3.8, 4) is 11.4 Å². The van der Waals surface area contributed by atoms with E-state index in [2.05, 4.69) is 20.1 Å². The predicted molar refractivity (Wildman–Crippen MR) is 65.8 cm³/mol. The summed E-state index contributed by atoms with van der Waals surface area (Å²) in [4.78, 5) is 12.8. The van der Waals surface area contributed by atoms with E-state index in [1.54, 1.807) is 16.9 Å². The summed E-state index contributed by atoms with van der Waals surface area (Å²) < 4.78 is 1.72. The summed E-state index contributed by atoms with van der Waals surface area (Å²) in [6.45, 7) is 0. The molecule has 3 heterocycles. The highest BCUT2D eigenvalue weighted by Gasteiger charge is 2.09. The van der Waals surface area contributed by atoms with Gasteiger partial charge in [0.15, 0.2) is 0 Å². The normalized spacial score (nSPS) is 10.9. The Hall–Kier alpha value is -1.95. The van der Waals surface area contributed by atoms with E-state index in [4.69, 9.17) is 0 Å². The lowest BCUT2D eigenvalue weighted by molar-refractivity contribution is 0.884. The van der Waals surface area contributed by atoms with Crippen LogP contribution >= 0.6 is 11.8 Å². The predicted octanol–water partition coefficient (Wildman–Crippen LogP) is 1.91. The summed E-state index contributed by atoms with van der Waals surface area (Å²) in [6.07, 6.45) is 5.42. The molecule has 0 aliphatic heterocycles. The number of rotatable bonds is 2. The van der Waals surface area contributed by atoms with Gasteiger partial charge in [0.1, 0.15) is 0 Å². The molecule has 0 N–H and O–H groups in total. The molecule has 0 fully saturated rings. The molecule has 0 aliphatic rings. The molecule has 3 aromatic heterocycles. The molecule has 0 saturated heterocycles. The summed E-state index contributed by atoms with van der Waals surface area (Å²) in [5.41, 5.74) is 1.75. The molecule has 0 spiro atoms. The smallest absolute Gasteiger partial charge is 0.253 e.